The molecule has 0 bridgehead atoms. The van der Waals surface area contributed by atoms with Gasteiger partial charge in [-0.25, -0.2) is 0 Å². The summed E-state index contributed by atoms with van der Waals surface area (Å²) in [6.07, 6.45) is 9.76. The van der Waals surface area contributed by atoms with Gasteiger partial charge in [0.1, 0.15) is 11.4 Å². The average molecular weight is 520 g/mol. The molecule has 3 N–H and O–H groups in total. The van der Waals surface area contributed by atoms with Crippen LogP contribution in [0, 0.1) is 0 Å². The smallest absolute Gasteiger partial charge is 0.264 e. The summed E-state index contributed by atoms with van der Waals surface area (Å²) in [6.45, 7) is 6.54. The highest BCUT2D eigenvalue weighted by Crippen LogP contribution is 2.27. The van der Waals surface area contributed by atoms with Crippen molar-refractivity contribution in [1.29, 1.82) is 0 Å². The highest BCUT2D eigenvalue weighted by Gasteiger charge is 2.32. The summed E-state index contributed by atoms with van der Waals surface area (Å²) in [5.41, 5.74) is 8.61. The summed E-state index contributed by atoms with van der Waals surface area (Å²) in [5.74, 6) is 0.608. The fourth-order valence-corrected chi connectivity index (χ4v) is 5.03. The number of anilines is 1. The van der Waals surface area contributed by atoms with Crippen molar-refractivity contribution < 1.29 is 19.1 Å². The fraction of sp³-hybridized carbons (Fsp3) is 0.484. The Morgan fingerprint density at radius 1 is 1.03 bits per heavy atom. The molecule has 1 aliphatic carbocycles. The summed E-state index contributed by atoms with van der Waals surface area (Å²) in [5, 5.41) is 2.92. The topological polar surface area (TPSA) is 93.9 Å². The van der Waals surface area contributed by atoms with Crippen molar-refractivity contribution in [3.8, 4) is 5.75 Å². The molecule has 1 fully saturated rings. The number of nitrogens with two attached hydrogens (primary N) is 1. The van der Waals surface area contributed by atoms with Crippen molar-refractivity contribution in [3.63, 3.8) is 0 Å². The molecular weight excluding hydrogens is 478 g/mol. The number of nitrogens with one attached hydrogen (secondary N) is 1. The van der Waals surface area contributed by atoms with Crippen molar-refractivity contribution in [3.05, 3.63) is 72.0 Å². The van der Waals surface area contributed by atoms with Crippen LogP contribution in [0.3, 0.4) is 0 Å². The minimum absolute atomic E-state index is 0.0586. The maximum Gasteiger partial charge on any atom is 0.264 e. The molecule has 1 aliphatic heterocycles. The molecule has 1 saturated carbocycles. The normalized spacial score (nSPS) is 18.5. The van der Waals surface area contributed by atoms with Gasteiger partial charge in [0.2, 0.25) is 5.91 Å². The van der Waals surface area contributed by atoms with E-state index < -0.39 is 12.1 Å². The number of carbonyl (C=O) groups is 2. The van der Waals surface area contributed by atoms with Crippen LogP contribution in [0.1, 0.15) is 70.4 Å². The van der Waals surface area contributed by atoms with E-state index in [-0.39, 0.29) is 23.5 Å². The zero-order valence-electron chi connectivity index (χ0n) is 22.8. The lowest BCUT2D eigenvalue weighted by atomic mass is 9.93. The first-order valence-electron chi connectivity index (χ1n) is 13.7. The number of rotatable bonds is 9. The molecule has 2 atom stereocenters. The minimum Gasteiger partial charge on any atom is -0.488 e. The molecule has 7 nitrogen and oxygen atoms in total. The van der Waals surface area contributed by atoms with Crippen molar-refractivity contribution in [2.75, 3.05) is 5.32 Å². The molecule has 0 radical (unpaired) electrons. The Balaban J connectivity index is 1.32. The lowest BCUT2D eigenvalue weighted by molar-refractivity contribution is -0.143. The van der Waals surface area contributed by atoms with E-state index in [1.165, 1.54) is 6.42 Å². The van der Waals surface area contributed by atoms with Crippen LogP contribution in [0.15, 0.2) is 60.9 Å². The Labute approximate surface area is 226 Å². The Hall–Kier alpha value is -3.32. The SMILES string of the molecule is CC(C)(C)Oc1ccc(C[C@H](N)C(=O)Nc2ccc(CN(C(=O)C3CC=CO3)C3CCCCC3)cc2)cc1. The lowest BCUT2D eigenvalue weighted by Crippen LogP contribution is -2.45. The average Bonchev–Trinajstić information content (AvgIpc) is 3.44. The van der Waals surface area contributed by atoms with E-state index in [1.807, 2.05) is 80.3 Å². The molecule has 4 rings (SSSR count). The summed E-state index contributed by atoms with van der Waals surface area (Å²) in [6, 6.07) is 14.9. The second kappa shape index (κ2) is 12.5. The van der Waals surface area contributed by atoms with Gasteiger partial charge in [0.05, 0.1) is 12.3 Å². The molecule has 1 unspecified atom stereocenters. The quantitative estimate of drug-likeness (QED) is 0.467. The van der Waals surface area contributed by atoms with E-state index in [4.69, 9.17) is 15.2 Å². The Bertz CT molecular complexity index is 1090. The standard InChI is InChI=1S/C31H41N3O4/c1-31(2,3)38-26-17-13-22(14-18-26)20-27(32)29(35)33-24-15-11-23(12-16-24)21-34(25-8-5-4-6-9-25)30(36)28-10-7-19-37-28/h7,11-19,25,27-28H,4-6,8-10,20-21,32H2,1-3H3,(H,33,35)/t27-,28?/m0/s1. The number of amides is 2. The predicted molar refractivity (Wildman–Crippen MR) is 150 cm³/mol. The highest BCUT2D eigenvalue weighted by molar-refractivity contribution is 5.94. The summed E-state index contributed by atoms with van der Waals surface area (Å²) < 4.78 is 11.4. The number of ether oxygens (including phenoxy) is 2. The predicted octanol–water partition coefficient (Wildman–Crippen LogP) is 5.34. The van der Waals surface area contributed by atoms with Gasteiger partial charge < -0.3 is 25.4 Å². The monoisotopic (exact) mass is 519 g/mol. The van der Waals surface area contributed by atoms with Gasteiger partial charge in [-0.1, -0.05) is 43.5 Å². The fourth-order valence-electron chi connectivity index (χ4n) is 5.03. The number of benzene rings is 2. The lowest BCUT2D eigenvalue weighted by Gasteiger charge is -2.35. The van der Waals surface area contributed by atoms with Crippen LogP contribution < -0.4 is 15.8 Å². The maximum absolute atomic E-state index is 13.2. The summed E-state index contributed by atoms with van der Waals surface area (Å²) in [7, 11) is 0. The number of nitrogens with zero attached hydrogens (tertiary/aromatic N) is 1. The van der Waals surface area contributed by atoms with Gasteiger partial charge in [0, 0.05) is 24.7 Å². The first-order chi connectivity index (χ1) is 18.2. The van der Waals surface area contributed by atoms with Crippen LogP contribution in [0.4, 0.5) is 5.69 Å². The van der Waals surface area contributed by atoms with Gasteiger partial charge in [-0.05, 0) is 81.5 Å². The third kappa shape index (κ3) is 7.84. The number of carbonyl (C=O) groups excluding carboxylic acids is 2. The van der Waals surface area contributed by atoms with Gasteiger partial charge in [0.15, 0.2) is 6.10 Å². The van der Waals surface area contributed by atoms with Crippen molar-refractivity contribution in [1.82, 2.24) is 4.90 Å². The van der Waals surface area contributed by atoms with Crippen LogP contribution in [0.25, 0.3) is 0 Å². The van der Waals surface area contributed by atoms with Gasteiger partial charge in [0.25, 0.3) is 5.91 Å². The van der Waals surface area contributed by atoms with Crippen molar-refractivity contribution >= 4 is 17.5 Å². The zero-order chi connectivity index (χ0) is 27.1. The van der Waals surface area contributed by atoms with Crippen LogP contribution in [0.5, 0.6) is 5.75 Å². The molecule has 2 aromatic carbocycles. The summed E-state index contributed by atoms with van der Waals surface area (Å²) >= 11 is 0. The third-order valence-corrected chi connectivity index (χ3v) is 6.98. The molecule has 7 heteroatoms. The first kappa shape index (κ1) is 27.7. The highest BCUT2D eigenvalue weighted by atomic mass is 16.5. The number of hydrogen-bond donors (Lipinski definition) is 2. The van der Waals surface area contributed by atoms with Crippen LogP contribution >= 0.6 is 0 Å². The molecule has 38 heavy (non-hydrogen) atoms. The zero-order valence-corrected chi connectivity index (χ0v) is 22.8. The second-order valence-electron chi connectivity index (χ2n) is 11.3. The van der Waals surface area contributed by atoms with E-state index in [0.717, 1.165) is 42.6 Å². The molecule has 0 aromatic heterocycles. The van der Waals surface area contributed by atoms with Gasteiger partial charge in [-0.3, -0.25) is 9.59 Å². The minimum atomic E-state index is -0.677. The van der Waals surface area contributed by atoms with Crippen molar-refractivity contribution in [2.45, 2.75) is 96.1 Å². The molecule has 0 saturated heterocycles. The molecule has 204 valence electrons. The second-order valence-corrected chi connectivity index (χ2v) is 11.3. The Morgan fingerprint density at radius 2 is 1.68 bits per heavy atom. The van der Waals surface area contributed by atoms with Gasteiger partial charge in [-0.15, -0.1) is 0 Å². The van der Waals surface area contributed by atoms with Crippen molar-refractivity contribution in [2.24, 2.45) is 5.73 Å². The summed E-state index contributed by atoms with van der Waals surface area (Å²) in [4.78, 5) is 28.0. The van der Waals surface area contributed by atoms with Crippen LogP contribution in [-0.2, 0) is 27.3 Å². The molecule has 2 aromatic rings. The molecule has 0 spiro atoms. The number of hydrogen-bond acceptors (Lipinski definition) is 5. The molecule has 2 aliphatic rings. The van der Waals surface area contributed by atoms with Crippen LogP contribution in [-0.4, -0.2) is 40.5 Å². The third-order valence-electron chi connectivity index (χ3n) is 6.98. The van der Waals surface area contributed by atoms with E-state index in [2.05, 4.69) is 5.32 Å². The Kier molecular flexibility index (Phi) is 9.10. The first-order valence-corrected chi connectivity index (χ1v) is 13.7. The van der Waals surface area contributed by atoms with E-state index in [0.29, 0.717) is 25.1 Å². The van der Waals surface area contributed by atoms with Crippen LogP contribution in [0.2, 0.25) is 0 Å². The van der Waals surface area contributed by atoms with Gasteiger partial charge >= 0.3 is 0 Å². The largest absolute Gasteiger partial charge is 0.488 e. The molecule has 2 amide bonds. The van der Waals surface area contributed by atoms with E-state index in [9.17, 15) is 9.59 Å². The maximum atomic E-state index is 13.2. The van der Waals surface area contributed by atoms with Gasteiger partial charge in [-0.2, -0.15) is 0 Å². The Morgan fingerprint density at radius 3 is 2.29 bits per heavy atom. The van der Waals surface area contributed by atoms with E-state index >= 15 is 0 Å². The molecule has 1 heterocycles. The van der Waals surface area contributed by atoms with E-state index in [1.54, 1.807) is 6.26 Å². The molecular formula is C31H41N3O4.